The van der Waals surface area contributed by atoms with Gasteiger partial charge in [-0.15, -0.1) is 0 Å². The van der Waals surface area contributed by atoms with E-state index in [0.29, 0.717) is 0 Å². The molecule has 0 N–H and O–H groups in total. The van der Waals surface area contributed by atoms with Crippen molar-refractivity contribution in [1.29, 1.82) is 0 Å². The van der Waals surface area contributed by atoms with E-state index in [4.69, 9.17) is 0 Å². The van der Waals surface area contributed by atoms with Crippen LogP contribution in [0.15, 0.2) is 146 Å². The molecule has 9 heteroatoms. The van der Waals surface area contributed by atoms with E-state index in [1.165, 1.54) is 86.2 Å². The van der Waals surface area contributed by atoms with Crippen molar-refractivity contribution in [3.63, 3.8) is 0 Å². The van der Waals surface area contributed by atoms with Crippen molar-refractivity contribution in [2.75, 3.05) is 0 Å². The first-order valence-electron chi connectivity index (χ1n) is 14.0. The van der Waals surface area contributed by atoms with E-state index in [-0.39, 0.29) is 118 Å². The molecule has 10 aromatic carbocycles. The van der Waals surface area contributed by atoms with Gasteiger partial charge < -0.3 is 27.4 Å². The summed E-state index contributed by atoms with van der Waals surface area (Å²) in [6.45, 7) is 0. The van der Waals surface area contributed by atoms with Crippen LogP contribution in [0.1, 0.15) is 0 Å². The van der Waals surface area contributed by atoms with Gasteiger partial charge in [0.05, 0.1) is 0 Å². The molecule has 0 saturated carbocycles. The van der Waals surface area contributed by atoms with Crippen molar-refractivity contribution in [2.24, 2.45) is 0 Å². The van der Waals surface area contributed by atoms with Gasteiger partial charge in [0.2, 0.25) is 0 Å². The number of hydrogen-bond donors (Lipinski definition) is 0. The maximum Gasteiger partial charge on any atom is 3.00 e. The van der Waals surface area contributed by atoms with Crippen molar-refractivity contribution in [3.8, 4) is 0 Å². The third kappa shape index (κ3) is 7.21. The molecule has 0 amide bonds. The van der Waals surface area contributed by atoms with E-state index >= 15 is 0 Å². The van der Waals surface area contributed by atoms with Gasteiger partial charge in [-0.25, -0.2) is 0 Å². The first-order chi connectivity index (χ1) is 19.9. The standard InChI is InChI=1S/2C20H12.2In.5O.2Zn/c2*1-5-13-6-2-11-17-18-12-4-8-14-7-3-10-16(20(14)18)15(9-1)19(13)17;;;;;;;;;/h2*1-12H;;;;;;;;;/q;;2*+3;5*-2;2*+2. The summed E-state index contributed by atoms with van der Waals surface area (Å²) in [5.41, 5.74) is 0. The Balaban J connectivity index is 0.000000794. The zero-order valence-electron chi connectivity index (χ0n) is 26.5. The van der Waals surface area contributed by atoms with E-state index in [1.807, 2.05) is 0 Å². The van der Waals surface area contributed by atoms with Gasteiger partial charge in [-0.1, -0.05) is 146 Å². The van der Waals surface area contributed by atoms with Crippen LogP contribution >= 0.6 is 0 Å². The van der Waals surface area contributed by atoms with Crippen molar-refractivity contribution in [3.05, 3.63) is 146 Å². The van der Waals surface area contributed by atoms with Crippen LogP contribution in [0.3, 0.4) is 0 Å². The second-order valence-corrected chi connectivity index (χ2v) is 10.8. The molecule has 0 saturated heterocycles. The molecule has 0 fully saturated rings. The van der Waals surface area contributed by atoms with Crippen molar-refractivity contribution >= 4 is 138 Å². The van der Waals surface area contributed by atoms with Crippen molar-refractivity contribution < 1.29 is 66.3 Å². The zero-order chi connectivity index (χ0) is 26.2. The quantitative estimate of drug-likeness (QED) is 0.0811. The molecular weight excluding hydrogens is 921 g/mol. The Morgan fingerprint density at radius 1 is 0.204 bits per heavy atom. The van der Waals surface area contributed by atoms with Gasteiger partial charge >= 0.3 is 90.6 Å². The fraction of sp³-hybridized carbons (Fsp3) is 0. The number of fused-ring (bicyclic) bond motifs is 4. The monoisotopic (exact) mass is 942 g/mol. The van der Waals surface area contributed by atoms with E-state index in [2.05, 4.69) is 146 Å². The van der Waals surface area contributed by atoms with Gasteiger partial charge in [-0.05, 0) is 86.2 Å². The number of rotatable bonds is 0. The van der Waals surface area contributed by atoms with Crippen LogP contribution in [0.25, 0.3) is 86.2 Å². The first-order valence-corrected chi connectivity index (χ1v) is 14.0. The van der Waals surface area contributed by atoms with Gasteiger partial charge in [-0.3, -0.25) is 0 Å². The van der Waals surface area contributed by atoms with Crippen LogP contribution in [0.5, 0.6) is 0 Å². The smallest absolute Gasteiger partial charge is 2.00 e. The summed E-state index contributed by atoms with van der Waals surface area (Å²) in [6, 6.07) is 52.9. The second kappa shape index (κ2) is 18.7. The Kier molecular flexibility index (Phi) is 17.8. The third-order valence-electron chi connectivity index (χ3n) is 8.78. The third-order valence-corrected chi connectivity index (χ3v) is 8.78. The van der Waals surface area contributed by atoms with Crippen molar-refractivity contribution in [1.82, 2.24) is 0 Å². The molecule has 0 aliphatic carbocycles. The Labute approximate surface area is 346 Å². The van der Waals surface area contributed by atoms with Gasteiger partial charge in [0.25, 0.3) is 0 Å². The topological polar surface area (TPSA) is 142 Å². The predicted molar refractivity (Wildman–Crippen MR) is 190 cm³/mol. The minimum absolute atomic E-state index is 0. The summed E-state index contributed by atoms with van der Waals surface area (Å²) < 4.78 is 0. The summed E-state index contributed by atoms with van der Waals surface area (Å²) in [7, 11) is 0. The normalized spacial score (nSPS) is 9.80. The van der Waals surface area contributed by atoms with Gasteiger partial charge in [0.1, 0.15) is 0 Å². The molecule has 49 heavy (non-hydrogen) atoms. The molecule has 0 aliphatic heterocycles. The Morgan fingerprint density at radius 3 is 0.449 bits per heavy atom. The summed E-state index contributed by atoms with van der Waals surface area (Å²) >= 11 is 0. The Bertz CT molecular complexity index is 2060. The molecule has 10 aromatic rings. The molecule has 0 aromatic heterocycles. The molecule has 0 unspecified atom stereocenters. The summed E-state index contributed by atoms with van der Waals surface area (Å²) in [5.74, 6) is 0. The van der Waals surface area contributed by atoms with Gasteiger partial charge in [-0.2, -0.15) is 0 Å². The SMILES string of the molecule is [In+3].[In+3].[O-2].[O-2].[O-2].[O-2].[O-2].[Zn+2].[Zn+2].c1cc2cccc3c4cccc5cccc(c(c1)c23)c54.c1cc2cccc3c4cccc5cccc(c(c1)c23)c54. The molecular formula is C40H24In2O5Zn2. The summed E-state index contributed by atoms with van der Waals surface area (Å²) in [4.78, 5) is 0. The maximum atomic E-state index is 2.25. The fourth-order valence-corrected chi connectivity index (χ4v) is 7.16. The molecule has 0 heterocycles. The molecule has 10 rings (SSSR count). The van der Waals surface area contributed by atoms with Crippen LogP contribution in [0, 0.1) is 0 Å². The second-order valence-electron chi connectivity index (χ2n) is 10.8. The van der Waals surface area contributed by atoms with Crippen LogP contribution in [-0.4, -0.2) is 51.7 Å². The maximum absolute atomic E-state index is 2.25. The van der Waals surface area contributed by atoms with E-state index in [1.54, 1.807) is 0 Å². The van der Waals surface area contributed by atoms with Gasteiger partial charge in [0, 0.05) is 0 Å². The molecule has 5 nitrogen and oxygen atoms in total. The van der Waals surface area contributed by atoms with Crippen LogP contribution < -0.4 is 0 Å². The summed E-state index contributed by atoms with van der Waals surface area (Å²) in [6.07, 6.45) is 0. The van der Waals surface area contributed by atoms with Crippen LogP contribution in [0.2, 0.25) is 0 Å². The molecule has 0 aliphatic rings. The minimum Gasteiger partial charge on any atom is -2.00 e. The van der Waals surface area contributed by atoms with Gasteiger partial charge in [0.15, 0.2) is 0 Å². The van der Waals surface area contributed by atoms with Crippen LogP contribution in [-0.2, 0) is 66.3 Å². The van der Waals surface area contributed by atoms with Crippen LogP contribution in [0.4, 0.5) is 0 Å². The number of benzene rings is 10. The Morgan fingerprint density at radius 2 is 0.327 bits per heavy atom. The van der Waals surface area contributed by atoms with E-state index in [0.717, 1.165) is 0 Å². The van der Waals surface area contributed by atoms with E-state index in [9.17, 15) is 0 Å². The average Bonchev–Trinajstić information content (AvgIpc) is 3.02. The largest absolute Gasteiger partial charge is 3.00 e. The zero-order valence-corrected chi connectivity index (χ0v) is 39.0. The fourth-order valence-electron chi connectivity index (χ4n) is 7.16. The molecule has 0 atom stereocenters. The number of hydrogen-bond acceptors (Lipinski definition) is 0. The summed E-state index contributed by atoms with van der Waals surface area (Å²) in [5, 5.41) is 21.8. The minimum atomic E-state index is 0. The molecule has 224 valence electrons. The average molecular weight is 945 g/mol. The molecule has 0 radical (unpaired) electrons. The molecule has 0 bridgehead atoms. The predicted octanol–water partition coefficient (Wildman–Crippen LogP) is 10.1. The first kappa shape index (κ1) is 46.6. The van der Waals surface area contributed by atoms with E-state index < -0.39 is 0 Å². The van der Waals surface area contributed by atoms with Crippen molar-refractivity contribution in [2.45, 2.75) is 0 Å². The Hall–Kier alpha value is -2.41. The molecule has 0 spiro atoms.